The molecule has 0 saturated carbocycles. The van der Waals surface area contributed by atoms with Crippen LogP contribution >= 0.6 is 0 Å². The third-order valence-corrected chi connectivity index (χ3v) is 4.85. The summed E-state index contributed by atoms with van der Waals surface area (Å²) in [5.74, 6) is 0. The van der Waals surface area contributed by atoms with Crippen molar-refractivity contribution >= 4 is 22.1 Å². The van der Waals surface area contributed by atoms with Gasteiger partial charge in [0.05, 0.1) is 0 Å². The van der Waals surface area contributed by atoms with Crippen LogP contribution in [0.2, 0.25) is 0 Å². The van der Waals surface area contributed by atoms with E-state index >= 15 is 0 Å². The fraction of sp³-hybridized carbons (Fsp3) is 0.333. The highest BCUT2D eigenvalue weighted by Crippen LogP contribution is 2.45. The molecule has 2 heteroatoms. The van der Waals surface area contributed by atoms with Gasteiger partial charge in [0.2, 0.25) is 0 Å². The molecule has 1 aliphatic rings. The molecule has 0 radical (unpaired) electrons. The van der Waals surface area contributed by atoms with Gasteiger partial charge < -0.3 is 9.80 Å². The Bertz CT molecular complexity index is 615. The summed E-state index contributed by atoms with van der Waals surface area (Å²) in [4.78, 5) is 4.82. The highest BCUT2D eigenvalue weighted by atomic mass is 15.4. The van der Waals surface area contributed by atoms with Gasteiger partial charge in [0.15, 0.2) is 0 Å². The first-order chi connectivity index (χ1) is 9.59. The van der Waals surface area contributed by atoms with Crippen molar-refractivity contribution in [2.45, 2.75) is 25.4 Å². The highest BCUT2D eigenvalue weighted by Gasteiger charge is 2.38. The number of nitrogens with zero attached hydrogens (tertiary/aromatic N) is 2. The number of benzene rings is 2. The van der Waals surface area contributed by atoms with Crippen LogP contribution in [0.25, 0.3) is 10.8 Å². The van der Waals surface area contributed by atoms with Gasteiger partial charge in [-0.15, -0.1) is 6.58 Å². The summed E-state index contributed by atoms with van der Waals surface area (Å²) in [5, 5.41) is 2.67. The highest BCUT2D eigenvalue weighted by molar-refractivity contribution is 6.05. The first-order valence-electron chi connectivity index (χ1n) is 7.20. The van der Waals surface area contributed by atoms with Crippen molar-refractivity contribution in [2.24, 2.45) is 0 Å². The summed E-state index contributed by atoms with van der Waals surface area (Å²) in [6, 6.07) is 13.1. The fourth-order valence-corrected chi connectivity index (χ4v) is 3.32. The molecule has 0 fully saturated rings. The lowest BCUT2D eigenvalue weighted by Crippen LogP contribution is -2.58. The molecule has 0 N–H and O–H groups in total. The maximum Gasteiger partial charge on any atom is 0.110 e. The Morgan fingerprint density at radius 3 is 2.10 bits per heavy atom. The minimum Gasteiger partial charge on any atom is -0.351 e. The van der Waals surface area contributed by atoms with Crippen LogP contribution in [0.4, 0.5) is 11.4 Å². The molecule has 0 aromatic heterocycles. The van der Waals surface area contributed by atoms with Gasteiger partial charge in [0, 0.05) is 30.9 Å². The van der Waals surface area contributed by atoms with E-state index in [0.717, 1.165) is 12.8 Å². The molecule has 2 aromatic carbocycles. The predicted molar refractivity (Wildman–Crippen MR) is 88.6 cm³/mol. The van der Waals surface area contributed by atoms with Crippen molar-refractivity contribution in [2.75, 3.05) is 23.9 Å². The number of hydrogen-bond acceptors (Lipinski definition) is 2. The summed E-state index contributed by atoms with van der Waals surface area (Å²) in [6.45, 7) is 6.18. The molecule has 0 aliphatic carbocycles. The van der Waals surface area contributed by atoms with Crippen molar-refractivity contribution in [1.29, 1.82) is 0 Å². The van der Waals surface area contributed by atoms with Crippen LogP contribution in [0.15, 0.2) is 49.1 Å². The van der Waals surface area contributed by atoms with Gasteiger partial charge in [0.1, 0.15) is 5.66 Å². The number of allylic oxidation sites excluding steroid dienone is 1. The number of rotatable bonds is 3. The van der Waals surface area contributed by atoms with Crippen molar-refractivity contribution < 1.29 is 0 Å². The van der Waals surface area contributed by atoms with Crippen LogP contribution in [0.5, 0.6) is 0 Å². The molecular weight excluding hydrogens is 244 g/mol. The zero-order valence-electron chi connectivity index (χ0n) is 12.6. The van der Waals surface area contributed by atoms with Gasteiger partial charge >= 0.3 is 0 Å². The molecule has 1 aliphatic heterocycles. The first-order valence-corrected chi connectivity index (χ1v) is 7.20. The summed E-state index contributed by atoms with van der Waals surface area (Å²) >= 11 is 0. The Morgan fingerprint density at radius 1 is 1.05 bits per heavy atom. The average molecular weight is 266 g/mol. The maximum atomic E-state index is 3.87. The lowest BCUT2D eigenvalue weighted by atomic mass is 9.93. The molecule has 1 heterocycles. The summed E-state index contributed by atoms with van der Waals surface area (Å²) < 4.78 is 0. The second-order valence-electron chi connectivity index (χ2n) is 5.81. The van der Waals surface area contributed by atoms with Gasteiger partial charge in [-0.3, -0.25) is 0 Å². The van der Waals surface area contributed by atoms with Crippen LogP contribution in [0.3, 0.4) is 0 Å². The van der Waals surface area contributed by atoms with Crippen molar-refractivity contribution in [1.82, 2.24) is 0 Å². The number of anilines is 2. The first kappa shape index (κ1) is 13.0. The van der Waals surface area contributed by atoms with E-state index in [1.165, 1.54) is 22.1 Å². The van der Waals surface area contributed by atoms with Crippen LogP contribution in [0, 0.1) is 0 Å². The van der Waals surface area contributed by atoms with E-state index in [4.69, 9.17) is 0 Å². The minimum absolute atomic E-state index is 0.0170. The van der Waals surface area contributed by atoms with E-state index in [2.05, 4.69) is 73.8 Å². The van der Waals surface area contributed by atoms with E-state index in [-0.39, 0.29) is 5.66 Å². The Labute approximate surface area is 121 Å². The van der Waals surface area contributed by atoms with Crippen molar-refractivity contribution in [3.8, 4) is 0 Å². The largest absolute Gasteiger partial charge is 0.351 e. The zero-order chi connectivity index (χ0) is 14.3. The molecule has 2 aromatic rings. The Hall–Kier alpha value is -1.96. The molecule has 0 bridgehead atoms. The third kappa shape index (κ3) is 1.64. The molecule has 0 saturated heterocycles. The van der Waals surface area contributed by atoms with E-state index in [0.29, 0.717) is 0 Å². The van der Waals surface area contributed by atoms with Gasteiger partial charge in [-0.1, -0.05) is 30.3 Å². The van der Waals surface area contributed by atoms with E-state index in [9.17, 15) is 0 Å². The fourth-order valence-electron chi connectivity index (χ4n) is 3.32. The molecule has 20 heavy (non-hydrogen) atoms. The van der Waals surface area contributed by atoms with Crippen LogP contribution in [-0.4, -0.2) is 19.8 Å². The van der Waals surface area contributed by atoms with Gasteiger partial charge in [-0.2, -0.15) is 0 Å². The third-order valence-electron chi connectivity index (χ3n) is 4.85. The molecule has 104 valence electrons. The predicted octanol–water partition coefficient (Wildman–Crippen LogP) is 4.41. The van der Waals surface area contributed by atoms with Gasteiger partial charge in [0.25, 0.3) is 0 Å². The lowest BCUT2D eigenvalue weighted by Gasteiger charge is -2.52. The molecule has 0 unspecified atom stereocenters. The number of hydrogen-bond donors (Lipinski definition) is 0. The topological polar surface area (TPSA) is 6.48 Å². The summed E-state index contributed by atoms with van der Waals surface area (Å²) in [5.41, 5.74) is 2.63. The smallest absolute Gasteiger partial charge is 0.110 e. The quantitative estimate of drug-likeness (QED) is 0.759. The minimum atomic E-state index is -0.0170. The molecule has 2 nitrogen and oxygen atoms in total. The maximum absolute atomic E-state index is 3.87. The van der Waals surface area contributed by atoms with Gasteiger partial charge in [-0.25, -0.2) is 0 Å². The zero-order valence-corrected chi connectivity index (χ0v) is 12.6. The Morgan fingerprint density at radius 2 is 1.60 bits per heavy atom. The SMILES string of the molecule is C=CCCC1(C)N(C)c2cccc3cccc(c23)N1C. The van der Waals surface area contributed by atoms with Crippen molar-refractivity contribution in [3.63, 3.8) is 0 Å². The normalized spacial score (nSPS) is 16.6. The lowest BCUT2D eigenvalue weighted by molar-refractivity contribution is 0.403. The second kappa shape index (κ2) is 4.55. The van der Waals surface area contributed by atoms with Gasteiger partial charge in [-0.05, 0) is 37.3 Å². The summed E-state index contributed by atoms with van der Waals surface area (Å²) in [6.07, 6.45) is 4.09. The average Bonchev–Trinajstić information content (AvgIpc) is 2.48. The Balaban J connectivity index is 2.23. The second-order valence-corrected chi connectivity index (χ2v) is 5.81. The molecule has 0 atom stereocenters. The van der Waals surface area contributed by atoms with Crippen molar-refractivity contribution in [3.05, 3.63) is 49.1 Å². The molecule has 0 amide bonds. The molecular formula is C18H22N2. The summed E-state index contributed by atoms with van der Waals surface area (Å²) in [7, 11) is 4.40. The van der Waals surface area contributed by atoms with E-state index in [1.54, 1.807) is 0 Å². The standard InChI is InChI=1S/C18H22N2/c1-5-6-13-18(2)19(3)15-11-7-9-14-10-8-12-16(17(14)15)20(18)4/h5,7-12H,1,6,13H2,2-4H3. The molecule has 3 rings (SSSR count). The Kier molecular flexibility index (Phi) is 2.97. The van der Waals surface area contributed by atoms with Crippen LogP contribution < -0.4 is 9.80 Å². The molecule has 0 spiro atoms. The van der Waals surface area contributed by atoms with Crippen LogP contribution in [-0.2, 0) is 0 Å². The van der Waals surface area contributed by atoms with E-state index < -0.39 is 0 Å². The van der Waals surface area contributed by atoms with E-state index in [1.807, 2.05) is 6.08 Å². The monoisotopic (exact) mass is 266 g/mol. The van der Waals surface area contributed by atoms with Crippen LogP contribution in [0.1, 0.15) is 19.8 Å².